The van der Waals surface area contributed by atoms with Gasteiger partial charge in [-0.15, -0.1) is 0 Å². The molecule has 0 amide bonds. The van der Waals surface area contributed by atoms with E-state index in [1.54, 1.807) is 0 Å². The number of benzene rings is 7. The molecule has 2 aliphatic heterocycles. The number of anilines is 5. The van der Waals surface area contributed by atoms with Crippen molar-refractivity contribution in [2.45, 2.75) is 42.4 Å². The minimum absolute atomic E-state index is 0.147. The number of hydrogen-bond donors (Lipinski definition) is 0. The Morgan fingerprint density at radius 2 is 1.18 bits per heavy atom. The number of para-hydroxylation sites is 6. The molecule has 4 aliphatic rings. The summed E-state index contributed by atoms with van der Waals surface area (Å²) < 4.78 is 6.30. The minimum atomic E-state index is -0.147. The van der Waals surface area contributed by atoms with Gasteiger partial charge >= 0.3 is 0 Å². The van der Waals surface area contributed by atoms with Crippen molar-refractivity contribution in [3.63, 3.8) is 0 Å². The molecule has 290 valence electrons. The van der Waals surface area contributed by atoms with Crippen LogP contribution in [0.3, 0.4) is 0 Å². The number of hydrogen-bond acceptors (Lipinski definition) is 4. The van der Waals surface area contributed by atoms with Gasteiger partial charge in [0.25, 0.3) is 0 Å². The van der Waals surface area contributed by atoms with Crippen LogP contribution in [0.5, 0.6) is 11.5 Å². The molecule has 2 heterocycles. The monoisotopic (exact) mass is 792 g/mol. The van der Waals surface area contributed by atoms with Gasteiger partial charge < -0.3 is 14.5 Å². The molecular weight excluding hydrogens is 749 g/mol. The second-order valence-corrected chi connectivity index (χ2v) is 17.7. The van der Waals surface area contributed by atoms with E-state index in [1.165, 1.54) is 71.4 Å². The third-order valence-electron chi connectivity index (χ3n) is 12.3. The Labute approximate surface area is 357 Å². The molecule has 2 aliphatic carbocycles. The fourth-order valence-corrected chi connectivity index (χ4v) is 10.4. The lowest BCUT2D eigenvalue weighted by molar-refractivity contribution is 0.476. The molecular formula is C56H44N2OS. The van der Waals surface area contributed by atoms with Crippen molar-refractivity contribution in [1.29, 1.82) is 0 Å². The van der Waals surface area contributed by atoms with E-state index in [1.807, 2.05) is 36.0 Å². The molecule has 4 heteroatoms. The summed E-state index contributed by atoms with van der Waals surface area (Å²) in [5.41, 5.74) is 17.1. The standard InChI is InChI=1S/C56H44N2OS/c1-37-23-28-41-34-38(26-29-40(41)13-12-14-42(33-37)57-48-15-4-8-19-52(48)59-53-20-9-5-16-49(53)57)24-25-39-27-31-44-45-32-30-43(36-47(45)56(2,3)46(44)35-39)58-50-17-6-10-21-54(50)60-55-22-11-7-18-51(55)58/h4-12,14-37H,13H2,1-3H3/b14-12-,25-24+,28-23-,42-33+. The summed E-state index contributed by atoms with van der Waals surface area (Å²) in [6.07, 6.45) is 16.9. The van der Waals surface area contributed by atoms with Crippen molar-refractivity contribution >= 4 is 58.4 Å². The van der Waals surface area contributed by atoms with Crippen molar-refractivity contribution in [3.05, 3.63) is 215 Å². The van der Waals surface area contributed by atoms with E-state index < -0.39 is 0 Å². The number of allylic oxidation sites excluding steroid dienone is 4. The molecule has 3 nitrogen and oxygen atoms in total. The zero-order valence-corrected chi connectivity index (χ0v) is 34.8. The van der Waals surface area contributed by atoms with Crippen LogP contribution in [-0.2, 0) is 11.8 Å². The Bertz CT molecular complexity index is 2890. The van der Waals surface area contributed by atoms with E-state index in [9.17, 15) is 0 Å². The zero-order chi connectivity index (χ0) is 40.4. The fourth-order valence-electron chi connectivity index (χ4n) is 9.29. The fraction of sp³-hybridized carbons (Fsp3) is 0.107. The van der Waals surface area contributed by atoms with Crippen LogP contribution in [0.15, 0.2) is 191 Å². The molecule has 11 rings (SSSR count). The van der Waals surface area contributed by atoms with Crippen LogP contribution in [-0.4, -0.2) is 0 Å². The van der Waals surface area contributed by atoms with Crippen molar-refractivity contribution in [2.24, 2.45) is 5.92 Å². The van der Waals surface area contributed by atoms with Crippen LogP contribution in [0, 0.1) is 5.92 Å². The SMILES string of the molecule is CC1/C=C\c2cc(/C=C/c3ccc4c(c3)C(C)(C)c3cc(N5c6ccccc6Sc6ccccc65)ccc3-4)ccc2C/C=C\C(N2c3ccccc3Oc3ccccc32)=C/1. The van der Waals surface area contributed by atoms with Gasteiger partial charge in [-0.05, 0) is 130 Å². The largest absolute Gasteiger partial charge is 0.453 e. The van der Waals surface area contributed by atoms with Gasteiger partial charge in [0, 0.05) is 26.6 Å². The van der Waals surface area contributed by atoms with Crippen molar-refractivity contribution in [1.82, 2.24) is 0 Å². The normalized spacial score (nSPS) is 18.6. The highest BCUT2D eigenvalue weighted by molar-refractivity contribution is 7.99. The van der Waals surface area contributed by atoms with Crippen molar-refractivity contribution < 1.29 is 4.74 Å². The number of ether oxygens (including phenoxy) is 1. The van der Waals surface area contributed by atoms with E-state index in [4.69, 9.17) is 4.74 Å². The summed E-state index contributed by atoms with van der Waals surface area (Å²) in [6.45, 7) is 7.01. The molecule has 0 bridgehead atoms. The summed E-state index contributed by atoms with van der Waals surface area (Å²) in [6, 6.07) is 55.0. The number of fused-ring (bicyclic) bond motifs is 8. The number of rotatable bonds is 4. The second-order valence-electron chi connectivity index (χ2n) is 16.6. The first kappa shape index (κ1) is 36.3. The Morgan fingerprint density at radius 1 is 0.600 bits per heavy atom. The molecule has 7 aromatic carbocycles. The Balaban J connectivity index is 0.859. The average Bonchev–Trinajstić information content (AvgIpc) is 3.50. The van der Waals surface area contributed by atoms with E-state index in [2.05, 4.69) is 200 Å². The quantitative estimate of drug-likeness (QED) is 0.165. The lowest BCUT2D eigenvalue weighted by Crippen LogP contribution is -2.20. The Morgan fingerprint density at radius 3 is 1.88 bits per heavy atom. The zero-order valence-electron chi connectivity index (χ0n) is 34.0. The van der Waals surface area contributed by atoms with Gasteiger partial charge in [-0.2, -0.15) is 0 Å². The molecule has 0 spiro atoms. The maximum atomic E-state index is 6.30. The Kier molecular flexibility index (Phi) is 8.79. The predicted molar refractivity (Wildman–Crippen MR) is 252 cm³/mol. The topological polar surface area (TPSA) is 15.7 Å². The van der Waals surface area contributed by atoms with Crippen LogP contribution in [0.4, 0.5) is 28.4 Å². The summed E-state index contributed by atoms with van der Waals surface area (Å²) in [4.78, 5) is 7.32. The highest BCUT2D eigenvalue weighted by Gasteiger charge is 2.37. The van der Waals surface area contributed by atoms with Gasteiger partial charge in [-0.1, -0.05) is 154 Å². The molecule has 0 aromatic heterocycles. The van der Waals surface area contributed by atoms with Crippen LogP contribution in [0.2, 0.25) is 0 Å². The third-order valence-corrected chi connectivity index (χ3v) is 13.5. The van der Waals surface area contributed by atoms with Crippen LogP contribution in [0.1, 0.15) is 54.2 Å². The summed E-state index contributed by atoms with van der Waals surface area (Å²) >= 11 is 1.85. The lowest BCUT2D eigenvalue weighted by atomic mass is 9.81. The third kappa shape index (κ3) is 6.22. The van der Waals surface area contributed by atoms with E-state index in [-0.39, 0.29) is 11.3 Å². The van der Waals surface area contributed by atoms with Crippen LogP contribution < -0.4 is 14.5 Å². The van der Waals surface area contributed by atoms with E-state index in [0.717, 1.165) is 35.0 Å². The highest BCUT2D eigenvalue weighted by atomic mass is 32.2. The highest BCUT2D eigenvalue weighted by Crippen LogP contribution is 2.55. The van der Waals surface area contributed by atoms with Crippen molar-refractivity contribution in [3.8, 4) is 22.6 Å². The van der Waals surface area contributed by atoms with E-state index in [0.29, 0.717) is 0 Å². The first-order valence-corrected chi connectivity index (χ1v) is 21.7. The first-order chi connectivity index (χ1) is 29.4. The predicted octanol–water partition coefficient (Wildman–Crippen LogP) is 15.7. The van der Waals surface area contributed by atoms with Crippen LogP contribution >= 0.6 is 11.8 Å². The van der Waals surface area contributed by atoms with Gasteiger partial charge in [-0.25, -0.2) is 0 Å². The summed E-state index contributed by atoms with van der Waals surface area (Å²) in [5, 5.41) is 0. The van der Waals surface area contributed by atoms with E-state index >= 15 is 0 Å². The number of nitrogens with zero attached hydrogens (tertiary/aromatic N) is 2. The van der Waals surface area contributed by atoms with Gasteiger partial charge in [-0.3, -0.25) is 0 Å². The molecule has 7 aromatic rings. The average molecular weight is 793 g/mol. The molecule has 0 saturated heterocycles. The smallest absolute Gasteiger partial charge is 0.151 e. The molecule has 60 heavy (non-hydrogen) atoms. The van der Waals surface area contributed by atoms with Gasteiger partial charge in [0.2, 0.25) is 0 Å². The van der Waals surface area contributed by atoms with Crippen LogP contribution in [0.25, 0.3) is 29.4 Å². The molecule has 1 unspecified atom stereocenters. The first-order valence-electron chi connectivity index (χ1n) is 20.9. The molecule has 0 radical (unpaired) electrons. The minimum Gasteiger partial charge on any atom is -0.453 e. The summed E-state index contributed by atoms with van der Waals surface area (Å²) in [7, 11) is 0. The van der Waals surface area contributed by atoms with Gasteiger partial charge in [0.1, 0.15) is 0 Å². The molecule has 0 N–H and O–H groups in total. The molecule has 1 atom stereocenters. The molecule has 0 saturated carbocycles. The lowest BCUT2D eigenvalue weighted by Gasteiger charge is -2.33. The van der Waals surface area contributed by atoms with Crippen molar-refractivity contribution in [2.75, 3.05) is 9.80 Å². The second kappa shape index (κ2) is 14.5. The van der Waals surface area contributed by atoms with Gasteiger partial charge in [0.15, 0.2) is 11.5 Å². The summed E-state index contributed by atoms with van der Waals surface area (Å²) in [5.74, 6) is 1.94. The maximum absolute atomic E-state index is 6.30. The molecule has 0 fully saturated rings. The Hall–Kier alpha value is -6.75. The van der Waals surface area contributed by atoms with Gasteiger partial charge in [0.05, 0.1) is 22.7 Å². The maximum Gasteiger partial charge on any atom is 0.151 e.